The van der Waals surface area contributed by atoms with E-state index in [1.807, 2.05) is 47.4 Å². The number of carbonyl (C=O) groups is 1. The highest BCUT2D eigenvalue weighted by Crippen LogP contribution is 2.37. The van der Waals surface area contributed by atoms with Gasteiger partial charge in [0.15, 0.2) is 0 Å². The molecule has 214 valence electrons. The molecule has 0 aliphatic carbocycles. The fraction of sp³-hybridized carbons (Fsp3) is 0.323. The third-order valence-electron chi connectivity index (χ3n) is 7.62. The van der Waals surface area contributed by atoms with Crippen LogP contribution in [0, 0.1) is 6.92 Å². The van der Waals surface area contributed by atoms with E-state index >= 15 is 0 Å². The van der Waals surface area contributed by atoms with Crippen LogP contribution in [-0.4, -0.2) is 49.9 Å². The predicted octanol–water partition coefficient (Wildman–Crippen LogP) is 6.10. The predicted molar refractivity (Wildman–Crippen MR) is 150 cm³/mol. The van der Waals surface area contributed by atoms with Gasteiger partial charge in [-0.3, -0.25) is 9.88 Å². The minimum Gasteiger partial charge on any atom is -0.347 e. The number of H-pyrrole nitrogens is 1. The molecule has 41 heavy (non-hydrogen) atoms. The molecule has 2 N–H and O–H groups in total. The molecule has 7 nitrogen and oxygen atoms in total. The molecule has 4 aromatic rings. The van der Waals surface area contributed by atoms with Crippen LogP contribution in [-0.2, 0) is 19.3 Å². The fourth-order valence-electron chi connectivity index (χ4n) is 5.50. The van der Waals surface area contributed by atoms with E-state index < -0.39 is 17.8 Å². The van der Waals surface area contributed by atoms with E-state index in [4.69, 9.17) is 0 Å². The molecule has 1 fully saturated rings. The second-order valence-corrected chi connectivity index (χ2v) is 10.4. The Morgan fingerprint density at radius 3 is 2.46 bits per heavy atom. The van der Waals surface area contributed by atoms with Crippen molar-refractivity contribution in [3.05, 3.63) is 119 Å². The van der Waals surface area contributed by atoms with Crippen molar-refractivity contribution in [3.8, 4) is 0 Å². The smallest absolute Gasteiger partial charge is 0.347 e. The first kappa shape index (κ1) is 28.4. The van der Waals surface area contributed by atoms with Crippen molar-refractivity contribution in [1.29, 1.82) is 0 Å². The highest BCUT2D eigenvalue weighted by molar-refractivity contribution is 5.74. The van der Waals surface area contributed by atoms with Crippen LogP contribution >= 0.6 is 0 Å². The molecule has 2 amide bonds. The first-order valence-corrected chi connectivity index (χ1v) is 13.7. The standard InChI is InChI=1S/C31H33F3N6O/c1-22-9-10-25(16-27(22)31(32,33)34)29(28-19-36-21-38-28)39-14-11-26(12-15-39)40(20-23-6-3-2-4-7-23)30(41)37-18-24-8-5-13-35-17-24/h2-10,13,16-17,19,21,26,29H,11-12,14-15,18,20H2,1H3,(H,36,38)(H,37,41). The number of urea groups is 1. The van der Waals surface area contributed by atoms with Gasteiger partial charge in [0.05, 0.1) is 23.6 Å². The zero-order chi connectivity index (χ0) is 28.8. The number of aryl methyl sites for hydroxylation is 1. The lowest BCUT2D eigenvalue weighted by molar-refractivity contribution is -0.138. The Morgan fingerprint density at radius 1 is 1.05 bits per heavy atom. The second kappa shape index (κ2) is 12.6. The van der Waals surface area contributed by atoms with Crippen LogP contribution in [0.4, 0.5) is 18.0 Å². The van der Waals surface area contributed by atoms with Gasteiger partial charge >= 0.3 is 12.2 Å². The minimum atomic E-state index is -4.44. The van der Waals surface area contributed by atoms with Gasteiger partial charge < -0.3 is 15.2 Å². The number of carbonyl (C=O) groups excluding carboxylic acids is 1. The van der Waals surface area contributed by atoms with Crippen molar-refractivity contribution in [3.63, 3.8) is 0 Å². The molecule has 5 rings (SSSR count). The van der Waals surface area contributed by atoms with E-state index in [-0.39, 0.29) is 17.6 Å². The summed E-state index contributed by atoms with van der Waals surface area (Å²) in [6.07, 6.45) is 3.54. The Bertz CT molecular complexity index is 1410. The van der Waals surface area contributed by atoms with Gasteiger partial charge in [0.2, 0.25) is 0 Å². The maximum absolute atomic E-state index is 13.8. The number of benzene rings is 2. The number of halogens is 3. The van der Waals surface area contributed by atoms with Crippen LogP contribution in [0.25, 0.3) is 0 Å². The Morgan fingerprint density at radius 2 is 1.80 bits per heavy atom. The summed E-state index contributed by atoms with van der Waals surface area (Å²) < 4.78 is 41.3. The summed E-state index contributed by atoms with van der Waals surface area (Å²) in [4.78, 5) is 28.9. The number of piperidine rings is 1. The van der Waals surface area contributed by atoms with Crippen molar-refractivity contribution in [2.24, 2.45) is 0 Å². The monoisotopic (exact) mass is 562 g/mol. The van der Waals surface area contributed by atoms with E-state index in [1.165, 1.54) is 19.1 Å². The molecule has 0 saturated carbocycles. The zero-order valence-corrected chi connectivity index (χ0v) is 22.8. The van der Waals surface area contributed by atoms with Gasteiger partial charge in [-0.05, 0) is 54.2 Å². The molecule has 2 aromatic carbocycles. The molecule has 1 unspecified atom stereocenters. The third-order valence-corrected chi connectivity index (χ3v) is 7.62. The highest BCUT2D eigenvalue weighted by Gasteiger charge is 2.36. The normalized spacial score (nSPS) is 15.4. The summed E-state index contributed by atoms with van der Waals surface area (Å²) in [7, 11) is 0. The molecular formula is C31H33F3N6O. The second-order valence-electron chi connectivity index (χ2n) is 10.4. The number of rotatable bonds is 8. The Labute approximate surface area is 237 Å². The number of hydrogen-bond acceptors (Lipinski definition) is 4. The molecule has 1 aliphatic heterocycles. The van der Waals surface area contributed by atoms with Crippen molar-refractivity contribution in [1.82, 2.24) is 30.1 Å². The largest absolute Gasteiger partial charge is 0.416 e. The lowest BCUT2D eigenvalue weighted by Gasteiger charge is -2.41. The number of alkyl halides is 3. The van der Waals surface area contributed by atoms with Crippen molar-refractivity contribution in [2.45, 2.75) is 51.1 Å². The van der Waals surface area contributed by atoms with E-state index in [9.17, 15) is 18.0 Å². The molecule has 1 atom stereocenters. The zero-order valence-electron chi connectivity index (χ0n) is 22.8. The van der Waals surface area contributed by atoms with Crippen molar-refractivity contribution >= 4 is 6.03 Å². The number of imidazole rings is 1. The quantitative estimate of drug-likeness (QED) is 0.272. The van der Waals surface area contributed by atoms with Gasteiger partial charge in [-0.25, -0.2) is 9.78 Å². The Kier molecular flexibility index (Phi) is 8.68. The molecular weight excluding hydrogens is 529 g/mol. The molecule has 1 saturated heterocycles. The van der Waals surface area contributed by atoms with E-state index in [2.05, 4.69) is 25.2 Å². The Balaban J connectivity index is 1.34. The van der Waals surface area contributed by atoms with Crippen LogP contribution in [0.3, 0.4) is 0 Å². The average Bonchev–Trinajstić information content (AvgIpc) is 3.51. The molecule has 0 spiro atoms. The number of pyridine rings is 1. The van der Waals surface area contributed by atoms with Gasteiger partial charge in [-0.2, -0.15) is 13.2 Å². The highest BCUT2D eigenvalue weighted by atomic mass is 19.4. The summed E-state index contributed by atoms with van der Waals surface area (Å²) in [6.45, 7) is 3.51. The van der Waals surface area contributed by atoms with E-state index in [0.717, 1.165) is 16.8 Å². The first-order valence-electron chi connectivity index (χ1n) is 13.7. The number of nitrogens with one attached hydrogen (secondary N) is 2. The van der Waals surface area contributed by atoms with E-state index in [0.29, 0.717) is 44.6 Å². The van der Waals surface area contributed by atoms with Crippen molar-refractivity contribution < 1.29 is 18.0 Å². The number of aromatic amines is 1. The number of aromatic nitrogens is 3. The van der Waals surface area contributed by atoms with Gasteiger partial charge in [-0.1, -0.05) is 48.5 Å². The van der Waals surface area contributed by atoms with Gasteiger partial charge in [-0.15, -0.1) is 0 Å². The van der Waals surface area contributed by atoms with Gasteiger partial charge in [0.25, 0.3) is 0 Å². The molecule has 0 radical (unpaired) electrons. The van der Waals surface area contributed by atoms with Gasteiger partial charge in [0, 0.05) is 50.8 Å². The van der Waals surface area contributed by atoms with Crippen molar-refractivity contribution in [2.75, 3.05) is 13.1 Å². The summed E-state index contributed by atoms with van der Waals surface area (Å²) >= 11 is 0. The number of hydrogen-bond donors (Lipinski definition) is 2. The number of amides is 2. The number of nitrogens with zero attached hydrogens (tertiary/aromatic N) is 4. The average molecular weight is 563 g/mol. The lowest BCUT2D eigenvalue weighted by atomic mass is 9.94. The van der Waals surface area contributed by atoms with Gasteiger partial charge in [0.1, 0.15) is 0 Å². The van der Waals surface area contributed by atoms with Crippen LogP contribution in [0.5, 0.6) is 0 Å². The topological polar surface area (TPSA) is 77.2 Å². The SMILES string of the molecule is Cc1ccc(C(c2cnc[nH]2)N2CCC(N(Cc3ccccc3)C(=O)NCc3cccnc3)CC2)cc1C(F)(F)F. The van der Waals surface area contributed by atoms with Crippen LogP contribution in [0.1, 0.15) is 52.4 Å². The van der Waals surface area contributed by atoms with Crippen LogP contribution in [0.2, 0.25) is 0 Å². The lowest BCUT2D eigenvalue weighted by Crippen LogP contribution is -2.50. The summed E-state index contributed by atoms with van der Waals surface area (Å²) in [5, 5.41) is 3.04. The minimum absolute atomic E-state index is 0.0356. The summed E-state index contributed by atoms with van der Waals surface area (Å²) in [5.74, 6) is 0. The maximum atomic E-state index is 13.8. The molecule has 0 bridgehead atoms. The fourth-order valence-corrected chi connectivity index (χ4v) is 5.50. The molecule has 10 heteroatoms. The first-order chi connectivity index (χ1) is 19.8. The third kappa shape index (κ3) is 6.94. The molecule has 2 aromatic heterocycles. The summed E-state index contributed by atoms with van der Waals surface area (Å²) in [6, 6.07) is 17.5. The summed E-state index contributed by atoms with van der Waals surface area (Å²) in [5.41, 5.74) is 2.79. The maximum Gasteiger partial charge on any atom is 0.416 e. The molecule has 1 aliphatic rings. The van der Waals surface area contributed by atoms with Crippen LogP contribution < -0.4 is 5.32 Å². The Hall–Kier alpha value is -4.18. The molecule has 3 heterocycles. The van der Waals surface area contributed by atoms with Crippen LogP contribution in [0.15, 0.2) is 85.6 Å². The van der Waals surface area contributed by atoms with E-state index in [1.54, 1.807) is 31.0 Å². The number of likely N-dealkylation sites (tertiary alicyclic amines) is 1.